The van der Waals surface area contributed by atoms with Crippen LogP contribution in [-0.4, -0.2) is 52.1 Å². The Bertz CT molecular complexity index is 593. The molecule has 1 aliphatic rings. The van der Waals surface area contributed by atoms with E-state index in [0.29, 0.717) is 5.75 Å². The van der Waals surface area contributed by atoms with Crippen molar-refractivity contribution < 1.29 is 13.2 Å². The van der Waals surface area contributed by atoms with Crippen molar-refractivity contribution in [3.63, 3.8) is 0 Å². The van der Waals surface area contributed by atoms with E-state index in [9.17, 15) is 8.42 Å². The predicted octanol–water partition coefficient (Wildman–Crippen LogP) is 2.47. The molecule has 0 aliphatic carbocycles. The van der Waals surface area contributed by atoms with Gasteiger partial charge in [-0.25, -0.2) is 8.42 Å². The summed E-state index contributed by atoms with van der Waals surface area (Å²) in [7, 11) is -1.21. The van der Waals surface area contributed by atoms with Crippen LogP contribution in [0.25, 0.3) is 6.08 Å². The lowest BCUT2D eigenvalue weighted by Gasteiger charge is -2.31. The molecule has 4 nitrogen and oxygen atoms in total. The van der Waals surface area contributed by atoms with Crippen LogP contribution < -0.4 is 4.74 Å². The van der Waals surface area contributed by atoms with Crippen LogP contribution in [0.15, 0.2) is 30.3 Å². The van der Waals surface area contributed by atoms with Crippen LogP contribution in [0.3, 0.4) is 0 Å². The molecule has 0 unspecified atom stereocenters. The second-order valence-electron chi connectivity index (χ2n) is 6.04. The van der Waals surface area contributed by atoms with E-state index >= 15 is 0 Å². The van der Waals surface area contributed by atoms with Crippen molar-refractivity contribution in [3.8, 4) is 5.75 Å². The van der Waals surface area contributed by atoms with Gasteiger partial charge >= 0.3 is 0 Å². The summed E-state index contributed by atoms with van der Waals surface area (Å²) in [5, 5.41) is 0. The zero-order valence-corrected chi connectivity index (χ0v) is 14.2. The largest absolute Gasteiger partial charge is 0.497 e. The molecular formula is C17H25NO3S. The number of likely N-dealkylation sites (tertiary alicyclic amines) is 1. The number of hydrogen-bond acceptors (Lipinski definition) is 4. The Labute approximate surface area is 133 Å². The quantitative estimate of drug-likeness (QED) is 0.807. The Kier molecular flexibility index (Phi) is 6.03. The number of benzene rings is 1. The molecule has 1 saturated heterocycles. The van der Waals surface area contributed by atoms with Crippen molar-refractivity contribution in [1.82, 2.24) is 4.90 Å². The van der Waals surface area contributed by atoms with Gasteiger partial charge in [0.1, 0.15) is 15.6 Å². The van der Waals surface area contributed by atoms with Gasteiger partial charge in [0.05, 0.1) is 12.9 Å². The van der Waals surface area contributed by atoms with Crippen molar-refractivity contribution in [2.75, 3.05) is 38.8 Å². The maximum Gasteiger partial charge on any atom is 0.147 e. The van der Waals surface area contributed by atoms with E-state index in [1.54, 1.807) is 7.11 Å². The van der Waals surface area contributed by atoms with Crippen LogP contribution in [-0.2, 0) is 9.84 Å². The highest BCUT2D eigenvalue weighted by molar-refractivity contribution is 7.90. The van der Waals surface area contributed by atoms with Crippen LogP contribution in [0.5, 0.6) is 5.75 Å². The third kappa shape index (κ3) is 5.81. The van der Waals surface area contributed by atoms with Crippen LogP contribution >= 0.6 is 0 Å². The molecule has 0 spiro atoms. The molecule has 0 aromatic heterocycles. The molecule has 0 N–H and O–H groups in total. The Morgan fingerprint density at radius 3 is 2.68 bits per heavy atom. The highest BCUT2D eigenvalue weighted by Gasteiger charge is 2.22. The average Bonchev–Trinajstić information content (AvgIpc) is 2.47. The highest BCUT2D eigenvalue weighted by atomic mass is 32.2. The lowest BCUT2D eigenvalue weighted by molar-refractivity contribution is 0.203. The number of piperidine rings is 1. The third-order valence-corrected chi connectivity index (χ3v) is 5.01. The van der Waals surface area contributed by atoms with E-state index in [4.69, 9.17) is 4.74 Å². The van der Waals surface area contributed by atoms with Crippen molar-refractivity contribution in [1.29, 1.82) is 0 Å². The van der Waals surface area contributed by atoms with Gasteiger partial charge in [-0.1, -0.05) is 24.3 Å². The first-order valence-electron chi connectivity index (χ1n) is 7.67. The van der Waals surface area contributed by atoms with E-state index < -0.39 is 9.84 Å². The Morgan fingerprint density at radius 1 is 1.32 bits per heavy atom. The topological polar surface area (TPSA) is 46.6 Å². The number of hydrogen-bond donors (Lipinski definition) is 0. The minimum Gasteiger partial charge on any atom is -0.497 e. The molecule has 0 bridgehead atoms. The molecule has 0 saturated carbocycles. The van der Waals surface area contributed by atoms with Crippen LogP contribution in [0.2, 0.25) is 0 Å². The smallest absolute Gasteiger partial charge is 0.147 e. The summed E-state index contributed by atoms with van der Waals surface area (Å²) in [6.07, 6.45) is 7.67. The predicted molar refractivity (Wildman–Crippen MR) is 90.9 cm³/mol. The molecule has 1 atom stereocenters. The van der Waals surface area contributed by atoms with E-state index in [1.165, 1.54) is 6.26 Å². The molecule has 2 rings (SSSR count). The molecule has 22 heavy (non-hydrogen) atoms. The standard InChI is InChI=1S/C17H25NO3S/c1-21-17-9-7-15(8-10-17)5-3-11-18-12-4-6-16(13-18)14-22(2,19)20/h3,5,7-10,16H,4,6,11-14H2,1-2H3/b5-3+/t16-/m0/s1. The van der Waals surface area contributed by atoms with E-state index in [-0.39, 0.29) is 5.92 Å². The first-order valence-corrected chi connectivity index (χ1v) is 9.73. The lowest BCUT2D eigenvalue weighted by Crippen LogP contribution is -2.38. The molecule has 0 amide bonds. The zero-order valence-electron chi connectivity index (χ0n) is 13.4. The monoisotopic (exact) mass is 323 g/mol. The second kappa shape index (κ2) is 7.79. The van der Waals surface area contributed by atoms with Crippen LogP contribution in [0.4, 0.5) is 0 Å². The van der Waals surface area contributed by atoms with Crippen molar-refractivity contribution >= 4 is 15.9 Å². The minimum atomic E-state index is -2.87. The van der Waals surface area contributed by atoms with E-state index in [2.05, 4.69) is 17.1 Å². The maximum atomic E-state index is 11.4. The molecular weight excluding hydrogens is 298 g/mol. The fraction of sp³-hybridized carbons (Fsp3) is 0.529. The second-order valence-corrected chi connectivity index (χ2v) is 8.22. The van der Waals surface area contributed by atoms with Gasteiger partial charge in [0.25, 0.3) is 0 Å². The summed E-state index contributed by atoms with van der Waals surface area (Å²) in [6.45, 7) is 2.79. The molecule has 122 valence electrons. The number of ether oxygens (including phenoxy) is 1. The average molecular weight is 323 g/mol. The summed E-state index contributed by atoms with van der Waals surface area (Å²) < 4.78 is 28.0. The SMILES string of the molecule is COc1ccc(/C=C/CN2CCC[C@H](CS(C)(=O)=O)C2)cc1. The molecule has 1 aliphatic heterocycles. The van der Waals surface area contributed by atoms with Crippen LogP contribution in [0.1, 0.15) is 18.4 Å². The summed E-state index contributed by atoms with van der Waals surface area (Å²) in [4.78, 5) is 2.33. The third-order valence-electron chi connectivity index (χ3n) is 3.93. The highest BCUT2D eigenvalue weighted by Crippen LogP contribution is 2.18. The van der Waals surface area contributed by atoms with E-state index in [1.807, 2.05) is 24.3 Å². The molecule has 5 heteroatoms. The molecule has 1 fully saturated rings. The van der Waals surface area contributed by atoms with Gasteiger partial charge in [0.15, 0.2) is 0 Å². The summed E-state index contributed by atoms with van der Waals surface area (Å²) in [5.74, 6) is 1.45. The van der Waals surface area contributed by atoms with Gasteiger partial charge in [0.2, 0.25) is 0 Å². The molecule has 0 radical (unpaired) electrons. The zero-order chi connectivity index (χ0) is 16.0. The normalized spacial score (nSPS) is 20.4. The summed E-state index contributed by atoms with van der Waals surface area (Å²) in [6, 6.07) is 7.95. The summed E-state index contributed by atoms with van der Waals surface area (Å²) in [5.41, 5.74) is 1.14. The van der Waals surface area contributed by atoms with E-state index in [0.717, 1.165) is 43.8 Å². The van der Waals surface area contributed by atoms with Crippen LogP contribution in [0, 0.1) is 5.92 Å². The fourth-order valence-electron chi connectivity index (χ4n) is 2.93. The van der Waals surface area contributed by atoms with Gasteiger partial charge in [-0.05, 0) is 43.0 Å². The van der Waals surface area contributed by atoms with Gasteiger partial charge in [-0.3, -0.25) is 4.90 Å². The maximum absolute atomic E-state index is 11.4. The molecule has 1 aromatic carbocycles. The van der Waals surface area contributed by atoms with Gasteiger partial charge in [-0.2, -0.15) is 0 Å². The van der Waals surface area contributed by atoms with Crippen molar-refractivity contribution in [2.45, 2.75) is 12.8 Å². The fourth-order valence-corrected chi connectivity index (χ4v) is 4.06. The Hall–Kier alpha value is -1.33. The minimum absolute atomic E-state index is 0.276. The first-order chi connectivity index (χ1) is 10.5. The number of methoxy groups -OCH3 is 1. The molecule has 1 heterocycles. The van der Waals surface area contributed by atoms with Gasteiger partial charge < -0.3 is 4.74 Å². The molecule has 1 aromatic rings. The van der Waals surface area contributed by atoms with Crippen molar-refractivity contribution in [3.05, 3.63) is 35.9 Å². The number of sulfone groups is 1. The lowest BCUT2D eigenvalue weighted by atomic mass is 10.00. The van der Waals surface area contributed by atoms with Gasteiger partial charge in [0, 0.05) is 19.3 Å². The number of rotatable bonds is 6. The summed E-state index contributed by atoms with van der Waals surface area (Å²) >= 11 is 0. The Balaban J connectivity index is 1.83. The van der Waals surface area contributed by atoms with Gasteiger partial charge in [-0.15, -0.1) is 0 Å². The number of nitrogens with zero attached hydrogens (tertiary/aromatic N) is 1. The first kappa shape index (κ1) is 17.0. The van der Waals surface area contributed by atoms with Crippen molar-refractivity contribution in [2.24, 2.45) is 5.92 Å². The Morgan fingerprint density at radius 2 is 2.05 bits per heavy atom.